The number of nitrogens with zero attached hydrogens (tertiary/aromatic N) is 1. The molecule has 0 aromatic heterocycles. The van der Waals surface area contributed by atoms with E-state index in [0.29, 0.717) is 5.06 Å². The van der Waals surface area contributed by atoms with Crippen molar-refractivity contribution in [1.29, 1.82) is 0 Å². The van der Waals surface area contributed by atoms with Gasteiger partial charge in [-0.2, -0.15) is 5.06 Å². The Balaban J connectivity index is 2.65. The second-order valence-electron chi connectivity index (χ2n) is 6.63. The first-order chi connectivity index (χ1) is 8.89. The van der Waals surface area contributed by atoms with Gasteiger partial charge in [0.2, 0.25) is 0 Å². The number of hydrogen-bond donors (Lipinski definition) is 1. The summed E-state index contributed by atoms with van der Waals surface area (Å²) in [5.41, 5.74) is -1.34. The second-order valence-corrected chi connectivity index (χ2v) is 6.63. The molecule has 1 heterocycles. The van der Waals surface area contributed by atoms with E-state index >= 15 is 0 Å². The minimum absolute atomic E-state index is 0.131. The van der Waals surface area contributed by atoms with Crippen LogP contribution in [0.2, 0.25) is 0 Å². The summed E-state index contributed by atoms with van der Waals surface area (Å²) in [6.07, 6.45) is -0.866. The predicted molar refractivity (Wildman–Crippen MR) is 70.5 cm³/mol. The molecule has 7 nitrogen and oxygen atoms in total. The molecule has 1 atom stereocenters. The van der Waals surface area contributed by atoms with E-state index in [0.717, 1.165) is 0 Å². The lowest BCUT2D eigenvalue weighted by atomic mass is 10.2. The van der Waals surface area contributed by atoms with Gasteiger partial charge in [-0.3, -0.25) is 14.4 Å². The molecule has 1 rings (SSSR count). The van der Waals surface area contributed by atoms with Gasteiger partial charge in [0, 0.05) is 0 Å². The average molecular weight is 286 g/mol. The molecule has 1 saturated heterocycles. The number of ether oxygens (including phenoxy) is 1. The van der Waals surface area contributed by atoms with Crippen molar-refractivity contribution in [1.82, 2.24) is 10.4 Å². The standard InChI is InChI=1S/C13H22N2O5/c1-12(2,3)19-11(18)14-8-7-9(16)15(10(8)17)20-13(4,5)6/h8H,7H2,1-6H3,(H,14,18)/t8-/m1/s1. The van der Waals surface area contributed by atoms with Crippen molar-refractivity contribution in [3.63, 3.8) is 0 Å². The van der Waals surface area contributed by atoms with Crippen LogP contribution in [0.5, 0.6) is 0 Å². The van der Waals surface area contributed by atoms with Crippen LogP contribution in [0.1, 0.15) is 48.0 Å². The van der Waals surface area contributed by atoms with Gasteiger partial charge in [-0.15, -0.1) is 0 Å². The van der Waals surface area contributed by atoms with Crippen LogP contribution in [0.3, 0.4) is 0 Å². The van der Waals surface area contributed by atoms with Crippen LogP contribution >= 0.6 is 0 Å². The fraction of sp³-hybridized carbons (Fsp3) is 0.769. The third-order valence-corrected chi connectivity index (χ3v) is 2.16. The van der Waals surface area contributed by atoms with E-state index in [1.165, 1.54) is 0 Å². The second kappa shape index (κ2) is 5.40. The minimum atomic E-state index is -0.945. The number of hydroxylamine groups is 2. The highest BCUT2D eigenvalue weighted by molar-refractivity contribution is 6.05. The lowest BCUT2D eigenvalue weighted by molar-refractivity contribution is -0.219. The monoisotopic (exact) mass is 286 g/mol. The van der Waals surface area contributed by atoms with E-state index in [1.54, 1.807) is 41.5 Å². The number of alkyl carbamates (subject to hydrolysis) is 1. The summed E-state index contributed by atoms with van der Waals surface area (Å²) < 4.78 is 5.05. The lowest BCUT2D eigenvalue weighted by Crippen LogP contribution is -2.45. The molecule has 20 heavy (non-hydrogen) atoms. The van der Waals surface area contributed by atoms with E-state index < -0.39 is 35.2 Å². The molecule has 0 spiro atoms. The normalized spacial score (nSPS) is 20.3. The zero-order valence-electron chi connectivity index (χ0n) is 12.8. The van der Waals surface area contributed by atoms with Gasteiger partial charge in [-0.25, -0.2) is 4.79 Å². The molecule has 0 aromatic rings. The molecular weight excluding hydrogens is 264 g/mol. The molecule has 0 unspecified atom stereocenters. The Morgan fingerprint density at radius 2 is 1.70 bits per heavy atom. The van der Waals surface area contributed by atoms with Crippen LogP contribution in [-0.4, -0.2) is 40.2 Å². The lowest BCUT2D eigenvalue weighted by Gasteiger charge is -2.25. The molecule has 0 aliphatic carbocycles. The number of imide groups is 1. The Morgan fingerprint density at radius 3 is 2.15 bits per heavy atom. The molecule has 1 aliphatic heterocycles. The van der Waals surface area contributed by atoms with Gasteiger partial charge in [0.25, 0.3) is 11.8 Å². The highest BCUT2D eigenvalue weighted by atomic mass is 16.7. The highest BCUT2D eigenvalue weighted by Gasteiger charge is 2.43. The number of nitrogens with one attached hydrogen (secondary N) is 1. The van der Waals surface area contributed by atoms with Crippen molar-refractivity contribution in [3.05, 3.63) is 0 Å². The van der Waals surface area contributed by atoms with Gasteiger partial charge in [0.15, 0.2) is 0 Å². The zero-order chi connectivity index (χ0) is 15.7. The molecule has 0 aromatic carbocycles. The van der Waals surface area contributed by atoms with Crippen molar-refractivity contribution in [2.75, 3.05) is 0 Å². The fourth-order valence-electron chi connectivity index (χ4n) is 1.54. The van der Waals surface area contributed by atoms with Crippen molar-refractivity contribution < 1.29 is 24.0 Å². The Labute approximate surface area is 118 Å². The van der Waals surface area contributed by atoms with E-state index in [1.807, 2.05) is 0 Å². The summed E-state index contributed by atoms with van der Waals surface area (Å²) in [5.74, 6) is -1.07. The van der Waals surface area contributed by atoms with Crippen LogP contribution in [0.4, 0.5) is 4.79 Å². The molecule has 1 N–H and O–H groups in total. The van der Waals surface area contributed by atoms with Crippen LogP contribution in [0, 0.1) is 0 Å². The van der Waals surface area contributed by atoms with Crippen LogP contribution in [0.25, 0.3) is 0 Å². The minimum Gasteiger partial charge on any atom is -0.444 e. The fourth-order valence-corrected chi connectivity index (χ4v) is 1.54. The summed E-state index contributed by atoms with van der Waals surface area (Å²) in [5, 5.41) is 3.09. The van der Waals surface area contributed by atoms with Gasteiger partial charge >= 0.3 is 6.09 Å². The summed E-state index contributed by atoms with van der Waals surface area (Å²) in [7, 11) is 0. The van der Waals surface area contributed by atoms with Crippen molar-refractivity contribution >= 4 is 17.9 Å². The summed E-state index contributed by atoms with van der Waals surface area (Å²) in [6.45, 7) is 10.3. The third kappa shape index (κ3) is 4.80. The number of amides is 3. The summed E-state index contributed by atoms with van der Waals surface area (Å²) >= 11 is 0. The molecular formula is C13H22N2O5. The Bertz CT molecular complexity index is 419. The molecule has 0 bridgehead atoms. The van der Waals surface area contributed by atoms with E-state index in [2.05, 4.69) is 5.32 Å². The SMILES string of the molecule is CC(C)(C)OC(=O)N[C@@H]1CC(=O)N(OC(C)(C)C)C1=O. The van der Waals surface area contributed by atoms with E-state index in [-0.39, 0.29) is 6.42 Å². The largest absolute Gasteiger partial charge is 0.444 e. The third-order valence-electron chi connectivity index (χ3n) is 2.16. The first kappa shape index (κ1) is 16.4. The van der Waals surface area contributed by atoms with Crippen molar-refractivity contribution in [2.24, 2.45) is 0 Å². The maximum absolute atomic E-state index is 12.0. The number of carbonyl (C=O) groups is 3. The molecule has 1 fully saturated rings. The van der Waals surface area contributed by atoms with Gasteiger partial charge in [-0.05, 0) is 41.5 Å². The first-order valence-electron chi connectivity index (χ1n) is 6.44. The van der Waals surface area contributed by atoms with Gasteiger partial charge in [0.1, 0.15) is 11.6 Å². The van der Waals surface area contributed by atoms with Crippen LogP contribution in [-0.2, 0) is 19.2 Å². The Kier molecular flexibility index (Phi) is 4.43. The molecule has 114 valence electrons. The molecule has 0 saturated carbocycles. The summed E-state index contributed by atoms with van der Waals surface area (Å²) in [4.78, 5) is 40.6. The molecule has 1 aliphatic rings. The molecule has 3 amide bonds. The molecule has 0 radical (unpaired) electrons. The van der Waals surface area contributed by atoms with E-state index in [9.17, 15) is 14.4 Å². The number of hydrogen-bond acceptors (Lipinski definition) is 5. The van der Waals surface area contributed by atoms with Crippen molar-refractivity contribution in [3.8, 4) is 0 Å². The maximum atomic E-state index is 12.0. The molecule has 7 heteroatoms. The maximum Gasteiger partial charge on any atom is 0.408 e. The average Bonchev–Trinajstić information content (AvgIpc) is 2.41. The van der Waals surface area contributed by atoms with Gasteiger partial charge in [-0.1, -0.05) is 0 Å². The highest BCUT2D eigenvalue weighted by Crippen LogP contribution is 2.19. The topological polar surface area (TPSA) is 84.9 Å². The quantitative estimate of drug-likeness (QED) is 0.775. The van der Waals surface area contributed by atoms with Gasteiger partial charge in [0.05, 0.1) is 12.0 Å². The number of carbonyl (C=O) groups excluding carboxylic acids is 3. The van der Waals surface area contributed by atoms with Gasteiger partial charge < -0.3 is 10.1 Å². The first-order valence-corrected chi connectivity index (χ1v) is 6.44. The number of rotatable bonds is 2. The van der Waals surface area contributed by atoms with Crippen molar-refractivity contribution in [2.45, 2.75) is 65.2 Å². The summed E-state index contributed by atoms with van der Waals surface area (Å²) in [6, 6.07) is -0.945. The van der Waals surface area contributed by atoms with Crippen LogP contribution in [0.15, 0.2) is 0 Å². The smallest absolute Gasteiger partial charge is 0.408 e. The zero-order valence-corrected chi connectivity index (χ0v) is 12.8. The Hall–Kier alpha value is -1.63. The predicted octanol–water partition coefficient (Wildman–Crippen LogP) is 1.37. The Morgan fingerprint density at radius 1 is 1.15 bits per heavy atom. The van der Waals surface area contributed by atoms with E-state index in [4.69, 9.17) is 9.57 Å². The van der Waals surface area contributed by atoms with Crippen LogP contribution < -0.4 is 5.32 Å².